The van der Waals surface area contributed by atoms with Gasteiger partial charge in [0.25, 0.3) is 0 Å². The lowest BCUT2D eigenvalue weighted by molar-refractivity contribution is 0.302. The summed E-state index contributed by atoms with van der Waals surface area (Å²) >= 11 is 3.48. The minimum atomic E-state index is 0.798. The van der Waals surface area contributed by atoms with Gasteiger partial charge in [0.2, 0.25) is 0 Å². The molecule has 0 spiro atoms. The number of fused-ring (bicyclic) bond motifs is 1. The number of aryl methyl sites for hydroxylation is 1. The molecule has 0 radical (unpaired) electrons. The lowest BCUT2D eigenvalue weighted by Crippen LogP contribution is -2.00. The third-order valence-electron chi connectivity index (χ3n) is 5.26. The molecule has 0 heterocycles. The summed E-state index contributed by atoms with van der Waals surface area (Å²) in [4.78, 5) is 0. The molecule has 0 saturated carbocycles. The van der Waals surface area contributed by atoms with E-state index in [9.17, 15) is 0 Å². The molecule has 0 aliphatic heterocycles. The van der Waals surface area contributed by atoms with Crippen LogP contribution in [0.3, 0.4) is 0 Å². The standard InChI is InChI=1S/C25H37BrO2/c1-3-4-5-6-8-12-19-28-25-16-13-22-20-23(14-15-24(22)21(25)2)27-18-11-9-7-10-17-26/h13-16,20H,3-12,17-19H2,1-2H3. The lowest BCUT2D eigenvalue weighted by Gasteiger charge is -2.13. The molecule has 0 atom stereocenters. The first-order valence-electron chi connectivity index (χ1n) is 11.1. The largest absolute Gasteiger partial charge is 0.494 e. The molecule has 0 aromatic heterocycles. The SMILES string of the molecule is CCCCCCCCOc1ccc2cc(OCCCCCCBr)ccc2c1C. The van der Waals surface area contributed by atoms with E-state index in [1.807, 2.05) is 0 Å². The van der Waals surface area contributed by atoms with Crippen LogP contribution in [0.2, 0.25) is 0 Å². The third kappa shape index (κ3) is 8.03. The molecule has 0 aliphatic carbocycles. The van der Waals surface area contributed by atoms with Crippen LogP contribution in [0.4, 0.5) is 0 Å². The van der Waals surface area contributed by atoms with Crippen LogP contribution in [0.25, 0.3) is 10.8 Å². The Morgan fingerprint density at radius 2 is 1.43 bits per heavy atom. The minimum absolute atomic E-state index is 0.798. The molecule has 0 amide bonds. The van der Waals surface area contributed by atoms with Crippen LogP contribution in [-0.2, 0) is 0 Å². The number of hydrogen-bond donors (Lipinski definition) is 0. The Morgan fingerprint density at radius 3 is 2.18 bits per heavy atom. The van der Waals surface area contributed by atoms with Gasteiger partial charge in [-0.05, 0) is 60.7 Å². The van der Waals surface area contributed by atoms with Crippen molar-refractivity contribution in [1.82, 2.24) is 0 Å². The Balaban J connectivity index is 1.81. The second-order valence-electron chi connectivity index (χ2n) is 7.64. The first-order chi connectivity index (χ1) is 13.8. The monoisotopic (exact) mass is 448 g/mol. The van der Waals surface area contributed by atoms with Crippen molar-refractivity contribution in [3.8, 4) is 11.5 Å². The maximum absolute atomic E-state index is 6.06. The van der Waals surface area contributed by atoms with Crippen LogP contribution in [0, 0.1) is 6.92 Å². The van der Waals surface area contributed by atoms with E-state index in [0.717, 1.165) is 42.9 Å². The summed E-state index contributed by atoms with van der Waals surface area (Å²) in [5.41, 5.74) is 1.23. The van der Waals surface area contributed by atoms with Gasteiger partial charge >= 0.3 is 0 Å². The molecular formula is C25H37BrO2. The van der Waals surface area contributed by atoms with E-state index < -0.39 is 0 Å². The molecule has 3 heteroatoms. The fourth-order valence-electron chi connectivity index (χ4n) is 3.49. The highest BCUT2D eigenvalue weighted by Crippen LogP contribution is 2.30. The van der Waals surface area contributed by atoms with Crippen molar-refractivity contribution in [2.24, 2.45) is 0 Å². The molecule has 2 aromatic rings. The van der Waals surface area contributed by atoms with Crippen molar-refractivity contribution < 1.29 is 9.47 Å². The summed E-state index contributed by atoms with van der Waals surface area (Å²) in [6.45, 7) is 6.03. The number of benzene rings is 2. The zero-order chi connectivity index (χ0) is 20.0. The quantitative estimate of drug-likeness (QED) is 0.201. The molecule has 0 fully saturated rings. The first-order valence-corrected chi connectivity index (χ1v) is 12.2. The summed E-state index contributed by atoms with van der Waals surface area (Å²) in [7, 11) is 0. The van der Waals surface area contributed by atoms with Crippen molar-refractivity contribution in [3.63, 3.8) is 0 Å². The first kappa shape index (κ1) is 23.1. The fourth-order valence-corrected chi connectivity index (χ4v) is 3.89. The molecule has 2 rings (SSSR count). The van der Waals surface area contributed by atoms with E-state index in [-0.39, 0.29) is 0 Å². The number of halogens is 1. The average molecular weight is 449 g/mol. The van der Waals surface area contributed by atoms with Gasteiger partial charge in [0, 0.05) is 5.33 Å². The average Bonchev–Trinajstić information content (AvgIpc) is 2.71. The molecule has 2 nitrogen and oxygen atoms in total. The molecular weight excluding hydrogens is 412 g/mol. The molecule has 0 unspecified atom stereocenters. The Hall–Kier alpha value is -1.22. The highest BCUT2D eigenvalue weighted by Gasteiger charge is 2.06. The minimum Gasteiger partial charge on any atom is -0.494 e. The molecule has 0 aliphatic rings. The molecule has 0 N–H and O–H groups in total. The summed E-state index contributed by atoms with van der Waals surface area (Å²) in [6, 6.07) is 10.7. The van der Waals surface area contributed by atoms with Gasteiger partial charge in [0.1, 0.15) is 11.5 Å². The highest BCUT2D eigenvalue weighted by atomic mass is 79.9. The number of alkyl halides is 1. The van der Waals surface area contributed by atoms with Crippen molar-refractivity contribution in [3.05, 3.63) is 35.9 Å². The second kappa shape index (κ2) is 13.9. The number of hydrogen-bond acceptors (Lipinski definition) is 2. The van der Waals surface area contributed by atoms with E-state index >= 15 is 0 Å². The molecule has 28 heavy (non-hydrogen) atoms. The number of ether oxygens (including phenoxy) is 2. The van der Waals surface area contributed by atoms with Crippen molar-refractivity contribution in [2.45, 2.75) is 78.1 Å². The van der Waals surface area contributed by atoms with Crippen LogP contribution in [0.5, 0.6) is 11.5 Å². The Morgan fingerprint density at radius 1 is 0.750 bits per heavy atom. The van der Waals surface area contributed by atoms with Crippen LogP contribution < -0.4 is 9.47 Å². The lowest BCUT2D eigenvalue weighted by atomic mass is 10.0. The van der Waals surface area contributed by atoms with Crippen LogP contribution in [-0.4, -0.2) is 18.5 Å². The van der Waals surface area contributed by atoms with Gasteiger partial charge in [-0.25, -0.2) is 0 Å². The van der Waals surface area contributed by atoms with Crippen molar-refractivity contribution >= 4 is 26.7 Å². The van der Waals surface area contributed by atoms with Crippen LogP contribution >= 0.6 is 15.9 Å². The van der Waals surface area contributed by atoms with E-state index in [1.165, 1.54) is 67.7 Å². The second-order valence-corrected chi connectivity index (χ2v) is 8.43. The van der Waals surface area contributed by atoms with Gasteiger partial charge < -0.3 is 9.47 Å². The van der Waals surface area contributed by atoms with Gasteiger partial charge in [-0.1, -0.05) is 79.9 Å². The van der Waals surface area contributed by atoms with Gasteiger partial charge in [0.05, 0.1) is 13.2 Å². The predicted molar refractivity (Wildman–Crippen MR) is 125 cm³/mol. The zero-order valence-electron chi connectivity index (χ0n) is 17.8. The topological polar surface area (TPSA) is 18.5 Å². The maximum Gasteiger partial charge on any atom is 0.122 e. The van der Waals surface area contributed by atoms with E-state index in [0.29, 0.717) is 0 Å². The predicted octanol–water partition coefficient (Wildman–Crippen LogP) is 8.22. The molecule has 2 aromatic carbocycles. The summed E-state index contributed by atoms with van der Waals surface area (Å²) in [6.07, 6.45) is 12.6. The Kier molecular flexibility index (Phi) is 11.4. The molecule has 0 bridgehead atoms. The number of rotatable bonds is 15. The summed E-state index contributed by atoms with van der Waals surface area (Å²) in [5.74, 6) is 1.98. The Labute approximate surface area is 180 Å². The van der Waals surface area contributed by atoms with E-state index in [1.54, 1.807) is 0 Å². The van der Waals surface area contributed by atoms with Gasteiger partial charge in [-0.2, -0.15) is 0 Å². The van der Waals surface area contributed by atoms with Gasteiger partial charge in [-0.3, -0.25) is 0 Å². The normalized spacial score (nSPS) is 11.1. The number of unbranched alkanes of at least 4 members (excludes halogenated alkanes) is 8. The third-order valence-corrected chi connectivity index (χ3v) is 5.82. The van der Waals surface area contributed by atoms with E-state index in [2.05, 4.69) is 60.1 Å². The smallest absolute Gasteiger partial charge is 0.122 e. The van der Waals surface area contributed by atoms with Crippen LogP contribution in [0.15, 0.2) is 30.3 Å². The summed E-state index contributed by atoms with van der Waals surface area (Å²) in [5, 5.41) is 3.58. The fraction of sp³-hybridized carbons (Fsp3) is 0.600. The maximum atomic E-state index is 6.06. The van der Waals surface area contributed by atoms with Gasteiger partial charge in [0.15, 0.2) is 0 Å². The summed E-state index contributed by atoms with van der Waals surface area (Å²) < 4.78 is 12.0. The Bertz CT molecular complexity index is 684. The van der Waals surface area contributed by atoms with E-state index in [4.69, 9.17) is 9.47 Å². The van der Waals surface area contributed by atoms with Crippen molar-refractivity contribution in [2.75, 3.05) is 18.5 Å². The van der Waals surface area contributed by atoms with Gasteiger partial charge in [-0.15, -0.1) is 0 Å². The van der Waals surface area contributed by atoms with Crippen LogP contribution in [0.1, 0.15) is 76.7 Å². The molecule has 0 saturated heterocycles. The zero-order valence-corrected chi connectivity index (χ0v) is 19.4. The van der Waals surface area contributed by atoms with Crippen molar-refractivity contribution in [1.29, 1.82) is 0 Å². The molecule has 156 valence electrons. The highest BCUT2D eigenvalue weighted by molar-refractivity contribution is 9.09.